The Hall–Kier alpha value is -0.570. The SMILES string of the molecule is CC(C)CN(C)C(=O)C1(C)CCCNC1. The molecule has 1 saturated heterocycles. The number of rotatable bonds is 3. The molecule has 15 heavy (non-hydrogen) atoms. The van der Waals surface area contributed by atoms with E-state index in [1.165, 1.54) is 0 Å². The molecule has 0 bridgehead atoms. The normalized spacial score (nSPS) is 26.7. The Morgan fingerprint density at radius 2 is 2.20 bits per heavy atom. The summed E-state index contributed by atoms with van der Waals surface area (Å²) in [4.78, 5) is 14.1. The van der Waals surface area contributed by atoms with Crippen molar-refractivity contribution in [1.29, 1.82) is 0 Å². The highest BCUT2D eigenvalue weighted by molar-refractivity contribution is 5.82. The Balaban J connectivity index is 2.57. The molecule has 0 spiro atoms. The number of carbonyl (C=O) groups excluding carboxylic acids is 1. The summed E-state index contributed by atoms with van der Waals surface area (Å²) in [5.41, 5.74) is -0.179. The molecule has 0 aromatic carbocycles. The fourth-order valence-corrected chi connectivity index (χ4v) is 2.33. The average molecular weight is 212 g/mol. The molecule has 1 amide bonds. The lowest BCUT2D eigenvalue weighted by atomic mass is 9.81. The molecule has 1 aliphatic heterocycles. The van der Waals surface area contributed by atoms with Crippen molar-refractivity contribution in [2.75, 3.05) is 26.7 Å². The average Bonchev–Trinajstić information content (AvgIpc) is 2.16. The lowest BCUT2D eigenvalue weighted by Gasteiger charge is -2.36. The second-order valence-electron chi connectivity index (χ2n) is 5.42. The second-order valence-corrected chi connectivity index (χ2v) is 5.42. The molecule has 1 heterocycles. The van der Waals surface area contributed by atoms with E-state index in [-0.39, 0.29) is 5.41 Å². The third-order valence-corrected chi connectivity index (χ3v) is 3.10. The van der Waals surface area contributed by atoms with Gasteiger partial charge in [-0.3, -0.25) is 4.79 Å². The summed E-state index contributed by atoms with van der Waals surface area (Å²) < 4.78 is 0. The van der Waals surface area contributed by atoms with Gasteiger partial charge in [0.25, 0.3) is 0 Å². The Bertz CT molecular complexity index is 220. The summed E-state index contributed by atoms with van der Waals surface area (Å²) in [5, 5.41) is 3.32. The summed E-state index contributed by atoms with van der Waals surface area (Å²) in [6.07, 6.45) is 2.12. The van der Waals surface area contributed by atoms with Crippen LogP contribution in [0.4, 0.5) is 0 Å². The fourth-order valence-electron chi connectivity index (χ4n) is 2.33. The van der Waals surface area contributed by atoms with E-state index in [2.05, 4.69) is 26.1 Å². The molecule has 1 unspecified atom stereocenters. The number of nitrogens with zero attached hydrogens (tertiary/aromatic N) is 1. The van der Waals surface area contributed by atoms with E-state index in [4.69, 9.17) is 0 Å². The van der Waals surface area contributed by atoms with Crippen LogP contribution >= 0.6 is 0 Å². The van der Waals surface area contributed by atoms with Gasteiger partial charge in [0.2, 0.25) is 5.91 Å². The predicted octanol–water partition coefficient (Wildman–Crippen LogP) is 1.49. The van der Waals surface area contributed by atoms with Gasteiger partial charge < -0.3 is 10.2 Å². The molecule has 0 aromatic rings. The van der Waals surface area contributed by atoms with Crippen LogP contribution in [0.2, 0.25) is 0 Å². The van der Waals surface area contributed by atoms with Crippen molar-refractivity contribution >= 4 is 5.91 Å². The first kappa shape index (κ1) is 12.5. The molecule has 1 rings (SSSR count). The van der Waals surface area contributed by atoms with Crippen molar-refractivity contribution in [2.24, 2.45) is 11.3 Å². The van der Waals surface area contributed by atoms with Crippen molar-refractivity contribution in [2.45, 2.75) is 33.6 Å². The van der Waals surface area contributed by atoms with Gasteiger partial charge in [0.15, 0.2) is 0 Å². The minimum Gasteiger partial charge on any atom is -0.345 e. The van der Waals surface area contributed by atoms with Gasteiger partial charge in [0.1, 0.15) is 0 Å². The van der Waals surface area contributed by atoms with Gasteiger partial charge in [-0.2, -0.15) is 0 Å². The van der Waals surface area contributed by atoms with Crippen LogP contribution in [0, 0.1) is 11.3 Å². The minimum absolute atomic E-state index is 0.179. The predicted molar refractivity (Wildman–Crippen MR) is 62.7 cm³/mol. The molecule has 3 heteroatoms. The van der Waals surface area contributed by atoms with E-state index in [0.29, 0.717) is 11.8 Å². The zero-order chi connectivity index (χ0) is 11.5. The largest absolute Gasteiger partial charge is 0.345 e. The van der Waals surface area contributed by atoms with Crippen molar-refractivity contribution in [1.82, 2.24) is 10.2 Å². The first-order chi connectivity index (χ1) is 6.96. The molecular weight excluding hydrogens is 188 g/mol. The zero-order valence-electron chi connectivity index (χ0n) is 10.5. The van der Waals surface area contributed by atoms with Gasteiger partial charge in [-0.1, -0.05) is 13.8 Å². The molecular formula is C12H24N2O. The summed E-state index contributed by atoms with van der Waals surface area (Å²) >= 11 is 0. The molecule has 1 atom stereocenters. The highest BCUT2D eigenvalue weighted by atomic mass is 16.2. The summed E-state index contributed by atoms with van der Waals surface area (Å²) in [6.45, 7) is 9.11. The number of hydrogen-bond donors (Lipinski definition) is 1. The quantitative estimate of drug-likeness (QED) is 0.768. The Labute approximate surface area is 93.2 Å². The topological polar surface area (TPSA) is 32.3 Å². The smallest absolute Gasteiger partial charge is 0.229 e. The van der Waals surface area contributed by atoms with Crippen LogP contribution in [0.1, 0.15) is 33.6 Å². The molecule has 3 nitrogen and oxygen atoms in total. The van der Waals surface area contributed by atoms with Crippen molar-refractivity contribution in [3.63, 3.8) is 0 Å². The molecule has 0 aliphatic carbocycles. The third-order valence-electron chi connectivity index (χ3n) is 3.10. The van der Waals surface area contributed by atoms with Crippen LogP contribution in [0.5, 0.6) is 0 Å². The van der Waals surface area contributed by atoms with E-state index in [9.17, 15) is 4.79 Å². The van der Waals surface area contributed by atoms with Crippen LogP contribution in [0.3, 0.4) is 0 Å². The van der Waals surface area contributed by atoms with Gasteiger partial charge in [-0.25, -0.2) is 0 Å². The van der Waals surface area contributed by atoms with Crippen LogP contribution in [0.15, 0.2) is 0 Å². The summed E-state index contributed by atoms with van der Waals surface area (Å²) in [7, 11) is 1.92. The second kappa shape index (κ2) is 4.97. The first-order valence-corrected chi connectivity index (χ1v) is 5.92. The Morgan fingerprint density at radius 1 is 1.53 bits per heavy atom. The minimum atomic E-state index is -0.179. The van der Waals surface area contributed by atoms with Gasteiger partial charge in [-0.15, -0.1) is 0 Å². The lowest BCUT2D eigenvalue weighted by Crippen LogP contribution is -2.49. The third kappa shape index (κ3) is 3.20. The van der Waals surface area contributed by atoms with Gasteiger partial charge >= 0.3 is 0 Å². The highest BCUT2D eigenvalue weighted by Gasteiger charge is 2.36. The van der Waals surface area contributed by atoms with E-state index in [1.54, 1.807) is 0 Å². The van der Waals surface area contributed by atoms with Gasteiger partial charge in [0.05, 0.1) is 5.41 Å². The Morgan fingerprint density at radius 3 is 2.67 bits per heavy atom. The maximum atomic E-state index is 12.2. The molecule has 1 N–H and O–H groups in total. The number of carbonyl (C=O) groups is 1. The van der Waals surface area contributed by atoms with Gasteiger partial charge in [-0.05, 0) is 32.2 Å². The van der Waals surface area contributed by atoms with Crippen molar-refractivity contribution in [3.8, 4) is 0 Å². The van der Waals surface area contributed by atoms with Crippen molar-refractivity contribution in [3.05, 3.63) is 0 Å². The fraction of sp³-hybridized carbons (Fsp3) is 0.917. The van der Waals surface area contributed by atoms with E-state index in [0.717, 1.165) is 32.5 Å². The molecule has 1 fully saturated rings. The number of piperidine rings is 1. The summed E-state index contributed by atoms with van der Waals surface area (Å²) in [6, 6.07) is 0. The van der Waals surface area contributed by atoms with Crippen LogP contribution in [-0.4, -0.2) is 37.5 Å². The number of hydrogen-bond acceptors (Lipinski definition) is 2. The van der Waals surface area contributed by atoms with E-state index < -0.39 is 0 Å². The maximum Gasteiger partial charge on any atom is 0.229 e. The maximum absolute atomic E-state index is 12.2. The van der Waals surface area contributed by atoms with E-state index in [1.807, 2.05) is 11.9 Å². The van der Waals surface area contributed by atoms with Crippen LogP contribution < -0.4 is 5.32 Å². The lowest BCUT2D eigenvalue weighted by molar-refractivity contribution is -0.141. The number of nitrogens with one attached hydrogen (secondary N) is 1. The van der Waals surface area contributed by atoms with Crippen LogP contribution in [-0.2, 0) is 4.79 Å². The first-order valence-electron chi connectivity index (χ1n) is 5.92. The summed E-state index contributed by atoms with van der Waals surface area (Å²) in [5.74, 6) is 0.836. The van der Waals surface area contributed by atoms with Crippen LogP contribution in [0.25, 0.3) is 0 Å². The monoisotopic (exact) mass is 212 g/mol. The highest BCUT2D eigenvalue weighted by Crippen LogP contribution is 2.27. The standard InChI is InChI=1S/C12H24N2O/c1-10(2)8-14(4)11(15)12(3)6-5-7-13-9-12/h10,13H,5-9H2,1-4H3. The Kier molecular flexibility index (Phi) is 4.14. The molecule has 88 valence electrons. The molecule has 1 aliphatic rings. The van der Waals surface area contributed by atoms with Gasteiger partial charge in [0, 0.05) is 20.1 Å². The molecule has 0 saturated carbocycles. The molecule has 0 aromatic heterocycles. The zero-order valence-corrected chi connectivity index (χ0v) is 10.5. The van der Waals surface area contributed by atoms with Crippen molar-refractivity contribution < 1.29 is 4.79 Å². The van der Waals surface area contributed by atoms with E-state index >= 15 is 0 Å². The molecule has 0 radical (unpaired) electrons. The number of amides is 1.